The van der Waals surface area contributed by atoms with E-state index in [0.717, 1.165) is 36.3 Å². The number of nitrogens with one attached hydrogen (secondary N) is 2. The summed E-state index contributed by atoms with van der Waals surface area (Å²) in [5, 5.41) is 6.88. The molecule has 0 aromatic carbocycles. The summed E-state index contributed by atoms with van der Waals surface area (Å²) in [5.41, 5.74) is 1.02. The van der Waals surface area contributed by atoms with E-state index in [4.69, 9.17) is 0 Å². The van der Waals surface area contributed by atoms with Crippen molar-refractivity contribution < 1.29 is 0 Å². The molecule has 4 nitrogen and oxygen atoms in total. The highest BCUT2D eigenvalue weighted by molar-refractivity contribution is 5.42. The highest BCUT2D eigenvalue weighted by Gasteiger charge is 2.20. The zero-order chi connectivity index (χ0) is 15.1. The van der Waals surface area contributed by atoms with Crippen molar-refractivity contribution >= 4 is 11.8 Å². The molecule has 1 aromatic rings. The molecule has 1 heterocycles. The van der Waals surface area contributed by atoms with E-state index in [-0.39, 0.29) is 0 Å². The second-order valence-corrected chi connectivity index (χ2v) is 6.30. The molecule has 1 fully saturated rings. The maximum atomic E-state index is 4.59. The van der Waals surface area contributed by atoms with E-state index in [9.17, 15) is 0 Å². The average molecular weight is 290 g/mol. The Kier molecular flexibility index (Phi) is 6.27. The average Bonchev–Trinajstić information content (AvgIpc) is 2.47. The van der Waals surface area contributed by atoms with Crippen LogP contribution in [0.3, 0.4) is 0 Å². The summed E-state index contributed by atoms with van der Waals surface area (Å²) in [6, 6.07) is 2.63. The Morgan fingerprint density at radius 2 is 1.86 bits per heavy atom. The smallest absolute Gasteiger partial charge is 0.224 e. The van der Waals surface area contributed by atoms with Gasteiger partial charge in [-0.2, -0.15) is 4.98 Å². The van der Waals surface area contributed by atoms with Crippen molar-refractivity contribution in [2.45, 2.75) is 71.8 Å². The molecule has 0 unspecified atom stereocenters. The molecule has 0 radical (unpaired) electrons. The zero-order valence-corrected chi connectivity index (χ0v) is 13.8. The first-order valence-corrected chi connectivity index (χ1v) is 8.57. The lowest BCUT2D eigenvalue weighted by Gasteiger charge is -2.29. The number of hydrogen-bond acceptors (Lipinski definition) is 4. The molecular formula is C17H30N4. The van der Waals surface area contributed by atoms with Gasteiger partial charge in [0.15, 0.2) is 0 Å². The molecule has 0 bridgehead atoms. The molecule has 0 aliphatic heterocycles. The molecular weight excluding hydrogens is 260 g/mol. The third kappa shape index (κ3) is 5.18. The van der Waals surface area contributed by atoms with Gasteiger partial charge in [0, 0.05) is 24.3 Å². The second kappa shape index (κ2) is 8.20. The zero-order valence-electron chi connectivity index (χ0n) is 13.8. The third-order valence-electron chi connectivity index (χ3n) is 4.28. The highest BCUT2D eigenvalue weighted by Crippen LogP contribution is 2.29. The summed E-state index contributed by atoms with van der Waals surface area (Å²) >= 11 is 0. The summed E-state index contributed by atoms with van der Waals surface area (Å²) in [6.45, 7) is 7.39. The SMILES string of the molecule is CCCNc1nc(C)cc(NC2CCC(CCC)CC2)n1. The minimum Gasteiger partial charge on any atom is -0.367 e. The predicted molar refractivity (Wildman–Crippen MR) is 89.8 cm³/mol. The van der Waals surface area contributed by atoms with Gasteiger partial charge in [0.25, 0.3) is 0 Å². The van der Waals surface area contributed by atoms with Gasteiger partial charge in [-0.25, -0.2) is 4.98 Å². The van der Waals surface area contributed by atoms with E-state index in [0.29, 0.717) is 6.04 Å². The molecule has 21 heavy (non-hydrogen) atoms. The lowest BCUT2D eigenvalue weighted by atomic mass is 9.83. The number of aryl methyl sites for hydroxylation is 1. The number of rotatable bonds is 7. The van der Waals surface area contributed by atoms with Gasteiger partial charge in [-0.15, -0.1) is 0 Å². The minimum absolute atomic E-state index is 0.575. The van der Waals surface area contributed by atoms with Crippen LogP contribution in [0.25, 0.3) is 0 Å². The van der Waals surface area contributed by atoms with Crippen molar-refractivity contribution in [2.75, 3.05) is 17.2 Å². The molecule has 0 saturated heterocycles. The Labute approximate surface area is 129 Å². The molecule has 0 amide bonds. The van der Waals surface area contributed by atoms with Crippen LogP contribution < -0.4 is 10.6 Å². The molecule has 1 aromatic heterocycles. The Balaban J connectivity index is 1.89. The number of anilines is 2. The van der Waals surface area contributed by atoms with Crippen molar-refractivity contribution in [3.05, 3.63) is 11.8 Å². The Morgan fingerprint density at radius 3 is 2.52 bits per heavy atom. The quantitative estimate of drug-likeness (QED) is 0.782. The van der Waals surface area contributed by atoms with Gasteiger partial charge in [-0.05, 0) is 44.9 Å². The summed E-state index contributed by atoms with van der Waals surface area (Å²) < 4.78 is 0. The van der Waals surface area contributed by atoms with Gasteiger partial charge in [0.05, 0.1) is 0 Å². The molecule has 1 aliphatic rings. The molecule has 0 atom stereocenters. The van der Waals surface area contributed by atoms with E-state index in [1.54, 1.807) is 0 Å². The van der Waals surface area contributed by atoms with Crippen LogP contribution in [0.15, 0.2) is 6.07 Å². The highest BCUT2D eigenvalue weighted by atomic mass is 15.1. The minimum atomic E-state index is 0.575. The number of nitrogens with zero attached hydrogens (tertiary/aromatic N) is 2. The lowest BCUT2D eigenvalue weighted by Crippen LogP contribution is -2.26. The number of hydrogen-bond donors (Lipinski definition) is 2. The maximum Gasteiger partial charge on any atom is 0.224 e. The van der Waals surface area contributed by atoms with Gasteiger partial charge in [-0.1, -0.05) is 26.7 Å². The van der Waals surface area contributed by atoms with E-state index < -0.39 is 0 Å². The van der Waals surface area contributed by atoms with E-state index in [2.05, 4.69) is 40.5 Å². The molecule has 1 aliphatic carbocycles. The summed E-state index contributed by atoms with van der Waals surface area (Å²) in [7, 11) is 0. The van der Waals surface area contributed by atoms with Crippen molar-refractivity contribution in [3.63, 3.8) is 0 Å². The van der Waals surface area contributed by atoms with E-state index >= 15 is 0 Å². The molecule has 118 valence electrons. The summed E-state index contributed by atoms with van der Waals surface area (Å²) in [4.78, 5) is 9.03. The summed E-state index contributed by atoms with van der Waals surface area (Å²) in [6.07, 6.45) is 9.05. The molecule has 1 saturated carbocycles. The Hall–Kier alpha value is -1.32. The fraction of sp³-hybridized carbons (Fsp3) is 0.765. The van der Waals surface area contributed by atoms with Crippen LogP contribution in [0.5, 0.6) is 0 Å². The fourth-order valence-electron chi connectivity index (χ4n) is 3.17. The van der Waals surface area contributed by atoms with Crippen LogP contribution in [0, 0.1) is 12.8 Å². The van der Waals surface area contributed by atoms with Crippen LogP contribution >= 0.6 is 0 Å². The second-order valence-electron chi connectivity index (χ2n) is 6.30. The number of aromatic nitrogens is 2. The Bertz CT molecular complexity index is 425. The maximum absolute atomic E-state index is 4.59. The molecule has 2 N–H and O–H groups in total. The van der Waals surface area contributed by atoms with Crippen molar-refractivity contribution in [1.29, 1.82) is 0 Å². The fourth-order valence-corrected chi connectivity index (χ4v) is 3.17. The van der Waals surface area contributed by atoms with Crippen LogP contribution in [-0.4, -0.2) is 22.6 Å². The lowest BCUT2D eigenvalue weighted by molar-refractivity contribution is 0.318. The normalized spacial score (nSPS) is 22.0. The van der Waals surface area contributed by atoms with Gasteiger partial charge in [-0.3, -0.25) is 0 Å². The molecule has 0 spiro atoms. The van der Waals surface area contributed by atoms with Crippen molar-refractivity contribution in [2.24, 2.45) is 5.92 Å². The van der Waals surface area contributed by atoms with Gasteiger partial charge >= 0.3 is 0 Å². The van der Waals surface area contributed by atoms with Gasteiger partial charge in [0.2, 0.25) is 5.95 Å². The van der Waals surface area contributed by atoms with Crippen LogP contribution in [-0.2, 0) is 0 Å². The predicted octanol–water partition coefficient (Wildman–Crippen LogP) is 4.38. The molecule has 4 heteroatoms. The van der Waals surface area contributed by atoms with Crippen LogP contribution in [0.4, 0.5) is 11.8 Å². The topological polar surface area (TPSA) is 49.8 Å². The summed E-state index contributed by atoms with van der Waals surface area (Å²) in [5.74, 6) is 2.67. The van der Waals surface area contributed by atoms with Crippen molar-refractivity contribution in [3.8, 4) is 0 Å². The standard InChI is InChI=1S/C17H30N4/c1-4-6-14-7-9-15(10-8-14)20-16-12-13(3)19-17(21-16)18-11-5-2/h12,14-15H,4-11H2,1-3H3,(H2,18,19,20,21). The first-order valence-electron chi connectivity index (χ1n) is 8.57. The first kappa shape index (κ1) is 16.1. The van der Waals surface area contributed by atoms with Crippen LogP contribution in [0.2, 0.25) is 0 Å². The first-order chi connectivity index (χ1) is 10.2. The van der Waals surface area contributed by atoms with E-state index in [1.165, 1.54) is 38.5 Å². The molecule has 2 rings (SSSR count). The van der Waals surface area contributed by atoms with Gasteiger partial charge in [0.1, 0.15) is 5.82 Å². The van der Waals surface area contributed by atoms with Crippen LogP contribution in [0.1, 0.15) is 64.5 Å². The van der Waals surface area contributed by atoms with Crippen molar-refractivity contribution in [1.82, 2.24) is 9.97 Å². The third-order valence-corrected chi connectivity index (χ3v) is 4.28. The monoisotopic (exact) mass is 290 g/mol. The van der Waals surface area contributed by atoms with E-state index in [1.807, 2.05) is 6.92 Å². The van der Waals surface area contributed by atoms with Gasteiger partial charge < -0.3 is 10.6 Å². The largest absolute Gasteiger partial charge is 0.367 e. The Morgan fingerprint density at radius 1 is 1.10 bits per heavy atom.